The molecule has 0 saturated carbocycles. The number of rotatable bonds is 4. The molecule has 0 radical (unpaired) electrons. The third kappa shape index (κ3) is 2.01. The predicted octanol–water partition coefficient (Wildman–Crippen LogP) is 2.47. The summed E-state index contributed by atoms with van der Waals surface area (Å²) in [6, 6.07) is 3.74. The number of aromatic nitrogens is 2. The van der Waals surface area contributed by atoms with E-state index in [0.29, 0.717) is 29.7 Å². The van der Waals surface area contributed by atoms with Crippen LogP contribution in [0.25, 0.3) is 11.4 Å². The van der Waals surface area contributed by atoms with Gasteiger partial charge in [-0.25, -0.2) is 4.79 Å². The molecule has 5 heteroatoms. The molecule has 0 amide bonds. The molecule has 0 aromatic carbocycles. The van der Waals surface area contributed by atoms with Crippen LogP contribution in [0.5, 0.6) is 0 Å². The first kappa shape index (κ1) is 14.0. The number of nitrogens with zero attached hydrogens (tertiary/aromatic N) is 2. The molecule has 0 spiro atoms. The van der Waals surface area contributed by atoms with Gasteiger partial charge in [0.1, 0.15) is 0 Å². The Balaban J connectivity index is 2.87. The normalized spacial score (nSPS) is 10.6. The van der Waals surface area contributed by atoms with Gasteiger partial charge < -0.3 is 9.67 Å². The van der Waals surface area contributed by atoms with Crippen LogP contribution in [0.15, 0.2) is 18.3 Å². The molecule has 20 heavy (non-hydrogen) atoms. The van der Waals surface area contributed by atoms with Crippen LogP contribution in [0.4, 0.5) is 0 Å². The molecule has 0 aliphatic heterocycles. The highest BCUT2D eigenvalue weighted by Crippen LogP contribution is 2.31. The van der Waals surface area contributed by atoms with Gasteiger partial charge in [0.15, 0.2) is 6.29 Å². The van der Waals surface area contributed by atoms with E-state index < -0.39 is 5.97 Å². The maximum atomic E-state index is 11.4. The van der Waals surface area contributed by atoms with Crippen molar-refractivity contribution in [2.24, 2.45) is 7.05 Å². The first-order chi connectivity index (χ1) is 9.52. The quantitative estimate of drug-likeness (QED) is 0.868. The number of pyridine rings is 1. The Kier molecular flexibility index (Phi) is 3.70. The minimum Gasteiger partial charge on any atom is -0.478 e. The van der Waals surface area contributed by atoms with E-state index in [1.807, 2.05) is 26.0 Å². The molecule has 2 aromatic rings. The Morgan fingerprint density at radius 1 is 1.50 bits per heavy atom. The van der Waals surface area contributed by atoms with Crippen LogP contribution in [-0.2, 0) is 13.5 Å². The van der Waals surface area contributed by atoms with Crippen molar-refractivity contribution in [2.45, 2.75) is 20.3 Å². The Hall–Kier alpha value is -2.43. The van der Waals surface area contributed by atoms with Gasteiger partial charge in [0.25, 0.3) is 0 Å². The van der Waals surface area contributed by atoms with Gasteiger partial charge in [0, 0.05) is 13.2 Å². The summed E-state index contributed by atoms with van der Waals surface area (Å²) in [7, 11) is 1.69. The molecule has 2 rings (SSSR count). The van der Waals surface area contributed by atoms with Gasteiger partial charge >= 0.3 is 5.97 Å². The van der Waals surface area contributed by atoms with E-state index in [2.05, 4.69) is 4.98 Å². The maximum Gasteiger partial charge on any atom is 0.338 e. The van der Waals surface area contributed by atoms with Crippen LogP contribution in [0.1, 0.15) is 38.9 Å². The molecule has 0 fully saturated rings. The van der Waals surface area contributed by atoms with Crippen LogP contribution < -0.4 is 0 Å². The molecular formula is C15H16N2O3. The number of carboxylic acids is 1. The van der Waals surface area contributed by atoms with Gasteiger partial charge in [-0.15, -0.1) is 0 Å². The van der Waals surface area contributed by atoms with Gasteiger partial charge in [-0.3, -0.25) is 9.78 Å². The van der Waals surface area contributed by atoms with Crippen LogP contribution in [0, 0.1) is 6.92 Å². The summed E-state index contributed by atoms with van der Waals surface area (Å²) >= 11 is 0. The van der Waals surface area contributed by atoms with Crippen LogP contribution in [0.2, 0.25) is 0 Å². The monoisotopic (exact) mass is 272 g/mol. The molecular weight excluding hydrogens is 256 g/mol. The summed E-state index contributed by atoms with van der Waals surface area (Å²) in [6.07, 6.45) is 2.77. The summed E-state index contributed by atoms with van der Waals surface area (Å²) in [5.74, 6) is -1.08. The number of carbonyl (C=O) groups is 2. The molecule has 0 aliphatic carbocycles. The lowest BCUT2D eigenvalue weighted by Gasteiger charge is -2.09. The molecule has 5 nitrogen and oxygen atoms in total. The highest BCUT2D eigenvalue weighted by atomic mass is 16.4. The molecule has 0 unspecified atom stereocenters. The average Bonchev–Trinajstić information content (AvgIpc) is 2.71. The van der Waals surface area contributed by atoms with Crippen molar-refractivity contribution in [3.63, 3.8) is 0 Å². The Morgan fingerprint density at radius 2 is 2.20 bits per heavy atom. The second-order valence-corrected chi connectivity index (χ2v) is 4.59. The van der Waals surface area contributed by atoms with Gasteiger partial charge in [-0.2, -0.15) is 0 Å². The second kappa shape index (κ2) is 5.28. The predicted molar refractivity (Wildman–Crippen MR) is 75.1 cm³/mol. The Labute approximate surface area is 116 Å². The van der Waals surface area contributed by atoms with Crippen molar-refractivity contribution in [2.75, 3.05) is 0 Å². The number of aldehydes is 1. The molecule has 0 saturated heterocycles. The van der Waals surface area contributed by atoms with Crippen molar-refractivity contribution in [3.8, 4) is 11.4 Å². The molecule has 104 valence electrons. The third-order valence-electron chi connectivity index (χ3n) is 3.45. The SMILES string of the molecule is CCc1c(C(=O)O)c(C=O)n(C)c1-c1ncccc1C. The van der Waals surface area contributed by atoms with Gasteiger partial charge in [-0.1, -0.05) is 13.0 Å². The van der Waals surface area contributed by atoms with Gasteiger partial charge in [-0.05, 0) is 30.5 Å². The zero-order valence-corrected chi connectivity index (χ0v) is 11.7. The number of aryl methyl sites for hydroxylation is 1. The van der Waals surface area contributed by atoms with Crippen LogP contribution in [-0.4, -0.2) is 26.9 Å². The zero-order chi connectivity index (χ0) is 14.9. The summed E-state index contributed by atoms with van der Waals surface area (Å²) in [5, 5.41) is 9.37. The van der Waals surface area contributed by atoms with Gasteiger partial charge in [0.05, 0.1) is 22.6 Å². The Morgan fingerprint density at radius 3 is 2.70 bits per heavy atom. The van der Waals surface area contributed by atoms with E-state index in [1.54, 1.807) is 17.8 Å². The molecule has 2 aromatic heterocycles. The number of aromatic carboxylic acids is 1. The smallest absolute Gasteiger partial charge is 0.338 e. The van der Waals surface area contributed by atoms with E-state index in [9.17, 15) is 14.7 Å². The lowest BCUT2D eigenvalue weighted by Crippen LogP contribution is -2.04. The summed E-state index contributed by atoms with van der Waals surface area (Å²) < 4.78 is 1.62. The van der Waals surface area contributed by atoms with Crippen molar-refractivity contribution >= 4 is 12.3 Å². The molecule has 0 aliphatic rings. The minimum absolute atomic E-state index is 0.0741. The van der Waals surface area contributed by atoms with E-state index in [4.69, 9.17) is 0 Å². The van der Waals surface area contributed by atoms with Crippen molar-refractivity contribution in [3.05, 3.63) is 40.7 Å². The van der Waals surface area contributed by atoms with Gasteiger partial charge in [0.2, 0.25) is 0 Å². The largest absolute Gasteiger partial charge is 0.478 e. The third-order valence-corrected chi connectivity index (χ3v) is 3.45. The van der Waals surface area contributed by atoms with Crippen molar-refractivity contribution in [1.29, 1.82) is 0 Å². The van der Waals surface area contributed by atoms with Crippen molar-refractivity contribution < 1.29 is 14.7 Å². The number of hydrogen-bond donors (Lipinski definition) is 1. The van der Waals surface area contributed by atoms with E-state index in [0.717, 1.165) is 5.56 Å². The fourth-order valence-electron chi connectivity index (χ4n) is 2.52. The topological polar surface area (TPSA) is 72.2 Å². The number of carbonyl (C=O) groups excluding carboxylic acids is 1. The molecule has 0 atom stereocenters. The number of carboxylic acid groups (broad SMARTS) is 1. The lowest BCUT2D eigenvalue weighted by molar-refractivity contribution is 0.0692. The Bertz CT molecular complexity index is 687. The van der Waals surface area contributed by atoms with E-state index in [1.165, 1.54) is 0 Å². The summed E-state index contributed by atoms with van der Waals surface area (Å²) in [6.45, 7) is 3.79. The highest BCUT2D eigenvalue weighted by molar-refractivity contribution is 6.00. The fourth-order valence-corrected chi connectivity index (χ4v) is 2.52. The van der Waals surface area contributed by atoms with Crippen molar-refractivity contribution in [1.82, 2.24) is 9.55 Å². The maximum absolute atomic E-state index is 11.4. The van der Waals surface area contributed by atoms with Crippen LogP contribution >= 0.6 is 0 Å². The van der Waals surface area contributed by atoms with Crippen LogP contribution in [0.3, 0.4) is 0 Å². The fraction of sp³-hybridized carbons (Fsp3) is 0.267. The molecule has 2 heterocycles. The second-order valence-electron chi connectivity index (χ2n) is 4.59. The minimum atomic E-state index is -1.08. The first-order valence-electron chi connectivity index (χ1n) is 6.34. The first-order valence-corrected chi connectivity index (χ1v) is 6.34. The summed E-state index contributed by atoms with van der Waals surface area (Å²) in [4.78, 5) is 27.0. The summed E-state index contributed by atoms with van der Waals surface area (Å²) in [5.41, 5.74) is 3.24. The molecule has 1 N–H and O–H groups in total. The molecule has 0 bridgehead atoms. The highest BCUT2D eigenvalue weighted by Gasteiger charge is 2.26. The number of hydrogen-bond acceptors (Lipinski definition) is 3. The van der Waals surface area contributed by atoms with E-state index >= 15 is 0 Å². The standard InChI is InChI=1S/C15H16N2O3/c1-4-10-12(15(19)20)11(8-18)17(3)14(10)13-9(2)6-5-7-16-13/h5-8H,4H2,1-3H3,(H,19,20). The van der Waals surface area contributed by atoms with E-state index in [-0.39, 0.29) is 11.3 Å². The zero-order valence-electron chi connectivity index (χ0n) is 11.7. The average molecular weight is 272 g/mol. The lowest BCUT2D eigenvalue weighted by atomic mass is 10.0.